The van der Waals surface area contributed by atoms with Crippen LogP contribution in [0.4, 0.5) is 0 Å². The highest BCUT2D eigenvalue weighted by Crippen LogP contribution is 2.15. The van der Waals surface area contributed by atoms with Crippen molar-refractivity contribution >= 4 is 5.91 Å². The summed E-state index contributed by atoms with van der Waals surface area (Å²) < 4.78 is 10.9. The molecule has 2 aromatic heterocycles. The van der Waals surface area contributed by atoms with Crippen molar-refractivity contribution in [2.45, 2.75) is 45.8 Å². The van der Waals surface area contributed by atoms with Gasteiger partial charge in [-0.05, 0) is 36.2 Å². The van der Waals surface area contributed by atoms with Gasteiger partial charge in [-0.15, -0.1) is 0 Å². The third-order valence-electron chi connectivity index (χ3n) is 4.43. The number of benzene rings is 1. The third-order valence-corrected chi connectivity index (χ3v) is 4.43. The van der Waals surface area contributed by atoms with E-state index in [1.165, 1.54) is 0 Å². The van der Waals surface area contributed by atoms with E-state index in [1.807, 2.05) is 36.4 Å². The number of nitrogens with zero attached hydrogens (tertiary/aromatic N) is 3. The number of aromatic nitrogens is 2. The summed E-state index contributed by atoms with van der Waals surface area (Å²) >= 11 is 0. The largest absolute Gasteiger partial charge is 0.468 e. The maximum Gasteiger partial charge on any atom is 0.251 e. The predicted octanol–water partition coefficient (Wildman–Crippen LogP) is 3.57. The molecule has 0 bridgehead atoms. The Kier molecular flexibility index (Phi) is 6.97. The van der Waals surface area contributed by atoms with Gasteiger partial charge in [0, 0.05) is 25.6 Å². The minimum Gasteiger partial charge on any atom is -0.468 e. The van der Waals surface area contributed by atoms with Crippen LogP contribution in [0.5, 0.6) is 0 Å². The average molecular weight is 382 g/mol. The molecule has 148 valence electrons. The smallest absolute Gasteiger partial charge is 0.251 e. The van der Waals surface area contributed by atoms with Crippen molar-refractivity contribution in [1.29, 1.82) is 0 Å². The highest BCUT2D eigenvalue weighted by molar-refractivity contribution is 5.93. The van der Waals surface area contributed by atoms with E-state index in [1.54, 1.807) is 13.3 Å². The highest BCUT2D eigenvalue weighted by atomic mass is 16.5. The lowest BCUT2D eigenvalue weighted by Gasteiger charge is -2.19. The zero-order valence-corrected chi connectivity index (χ0v) is 16.4. The molecule has 0 unspecified atom stereocenters. The molecule has 1 aromatic carbocycles. The molecule has 0 atom stereocenters. The van der Waals surface area contributed by atoms with Gasteiger partial charge in [-0.2, -0.15) is 4.98 Å². The van der Waals surface area contributed by atoms with Gasteiger partial charge >= 0.3 is 0 Å². The normalized spacial score (nSPS) is 11.1. The Morgan fingerprint density at radius 1 is 1.14 bits per heavy atom. The first kappa shape index (κ1) is 19.8. The van der Waals surface area contributed by atoms with Crippen LogP contribution in [0, 0.1) is 0 Å². The minimum absolute atomic E-state index is 0.0931. The summed E-state index contributed by atoms with van der Waals surface area (Å²) in [5.74, 6) is 2.13. The number of hydrogen-bond acceptors (Lipinski definition) is 6. The third kappa shape index (κ3) is 5.53. The lowest BCUT2D eigenvalue weighted by Crippen LogP contribution is -2.22. The van der Waals surface area contributed by atoms with E-state index in [0.717, 1.165) is 36.4 Å². The molecule has 0 saturated carbocycles. The first-order valence-corrected chi connectivity index (χ1v) is 9.55. The number of furan rings is 1. The van der Waals surface area contributed by atoms with E-state index in [0.29, 0.717) is 31.1 Å². The van der Waals surface area contributed by atoms with Crippen molar-refractivity contribution in [3.05, 3.63) is 71.3 Å². The fourth-order valence-corrected chi connectivity index (χ4v) is 2.94. The van der Waals surface area contributed by atoms with Gasteiger partial charge in [-0.1, -0.05) is 30.6 Å². The van der Waals surface area contributed by atoms with Crippen LogP contribution in [0.25, 0.3) is 0 Å². The topological polar surface area (TPSA) is 84.4 Å². The number of nitrogens with one attached hydrogen (secondary N) is 1. The summed E-state index contributed by atoms with van der Waals surface area (Å²) in [5, 5.41) is 6.70. The molecule has 1 amide bonds. The quantitative estimate of drug-likeness (QED) is 0.577. The van der Waals surface area contributed by atoms with Crippen LogP contribution in [0.1, 0.15) is 53.2 Å². The molecule has 28 heavy (non-hydrogen) atoms. The second kappa shape index (κ2) is 9.85. The van der Waals surface area contributed by atoms with Gasteiger partial charge in [-0.25, -0.2) is 0 Å². The summed E-state index contributed by atoms with van der Waals surface area (Å²) in [4.78, 5) is 18.4. The first-order valence-electron chi connectivity index (χ1n) is 9.55. The number of rotatable bonds is 10. The van der Waals surface area contributed by atoms with Crippen molar-refractivity contribution < 1.29 is 13.7 Å². The van der Waals surface area contributed by atoms with Crippen molar-refractivity contribution in [1.82, 2.24) is 20.4 Å². The average Bonchev–Trinajstić information content (AvgIpc) is 3.38. The van der Waals surface area contributed by atoms with Crippen molar-refractivity contribution in [2.24, 2.45) is 0 Å². The van der Waals surface area contributed by atoms with Crippen molar-refractivity contribution in [2.75, 3.05) is 7.05 Å². The van der Waals surface area contributed by atoms with E-state index in [2.05, 4.69) is 27.3 Å². The van der Waals surface area contributed by atoms with Gasteiger partial charge in [0.05, 0.1) is 19.4 Å². The molecule has 7 nitrogen and oxygen atoms in total. The molecule has 0 aliphatic rings. The van der Waals surface area contributed by atoms with Crippen molar-refractivity contribution in [3.63, 3.8) is 0 Å². The summed E-state index contributed by atoms with van der Waals surface area (Å²) in [6, 6.07) is 11.4. The van der Waals surface area contributed by atoms with Gasteiger partial charge in [0.1, 0.15) is 5.76 Å². The number of amides is 1. The van der Waals surface area contributed by atoms with Gasteiger partial charge in [-0.3, -0.25) is 9.69 Å². The Morgan fingerprint density at radius 2 is 1.96 bits per heavy atom. The molecule has 3 rings (SSSR count). The fraction of sp³-hybridized carbons (Fsp3) is 0.381. The Labute approximate surface area is 164 Å². The molecule has 0 aliphatic heterocycles. The molecule has 0 spiro atoms. The molecular formula is C21H26N4O3. The van der Waals surface area contributed by atoms with Crippen LogP contribution >= 0.6 is 0 Å². The molecule has 0 radical (unpaired) electrons. The minimum atomic E-state index is -0.0931. The van der Waals surface area contributed by atoms with Gasteiger partial charge < -0.3 is 14.3 Å². The number of hydrogen-bond donors (Lipinski definition) is 1. The predicted molar refractivity (Wildman–Crippen MR) is 104 cm³/mol. The van der Waals surface area contributed by atoms with Crippen LogP contribution < -0.4 is 5.32 Å². The number of unbranched alkanes of at least 4 members (excludes halogenated alkanes) is 1. The Bertz CT molecular complexity index is 856. The second-order valence-corrected chi connectivity index (χ2v) is 6.71. The van der Waals surface area contributed by atoms with Crippen LogP contribution in [0.2, 0.25) is 0 Å². The first-order chi connectivity index (χ1) is 13.7. The monoisotopic (exact) mass is 382 g/mol. The fourth-order valence-electron chi connectivity index (χ4n) is 2.94. The van der Waals surface area contributed by atoms with E-state index in [4.69, 9.17) is 8.94 Å². The Balaban J connectivity index is 1.69. The Hall–Kier alpha value is -2.93. The van der Waals surface area contributed by atoms with E-state index in [9.17, 15) is 4.79 Å². The second-order valence-electron chi connectivity index (χ2n) is 6.71. The number of carbonyl (C=O) groups excluding carboxylic acids is 1. The molecule has 0 aliphatic carbocycles. The Morgan fingerprint density at radius 3 is 2.64 bits per heavy atom. The summed E-state index contributed by atoms with van der Waals surface area (Å²) in [6.45, 7) is 3.96. The van der Waals surface area contributed by atoms with Gasteiger partial charge in [0.25, 0.3) is 5.91 Å². The lowest BCUT2D eigenvalue weighted by molar-refractivity contribution is 0.0963. The summed E-state index contributed by atoms with van der Waals surface area (Å²) in [7, 11) is 1.63. The van der Waals surface area contributed by atoms with Crippen molar-refractivity contribution in [3.8, 4) is 0 Å². The molecule has 1 N–H and O–H groups in total. The zero-order valence-electron chi connectivity index (χ0n) is 16.4. The van der Waals surface area contributed by atoms with Crippen LogP contribution in [-0.4, -0.2) is 28.0 Å². The molecule has 2 heterocycles. The van der Waals surface area contributed by atoms with E-state index < -0.39 is 0 Å². The maximum absolute atomic E-state index is 11.7. The van der Waals surface area contributed by atoms with Gasteiger partial charge in [0.15, 0.2) is 5.82 Å². The standard InChI is InChI=1S/C21H26N4O3/c1-3-4-7-19-23-20(28-24-19)15-25(14-18-6-5-12-27-18)13-16-8-10-17(11-9-16)21(26)22-2/h5-6,8-12H,3-4,7,13-15H2,1-2H3,(H,22,26). The van der Waals surface area contributed by atoms with Gasteiger partial charge in [0.2, 0.25) is 5.89 Å². The SMILES string of the molecule is CCCCc1noc(CN(Cc2ccc(C(=O)NC)cc2)Cc2ccco2)n1. The van der Waals surface area contributed by atoms with Crippen LogP contribution in [0.15, 0.2) is 51.6 Å². The molecular weight excluding hydrogens is 356 g/mol. The number of carbonyl (C=O) groups is 1. The molecule has 0 saturated heterocycles. The summed E-state index contributed by atoms with van der Waals surface area (Å²) in [6.07, 6.45) is 4.65. The number of aryl methyl sites for hydroxylation is 1. The van der Waals surface area contributed by atoms with E-state index in [-0.39, 0.29) is 5.91 Å². The van der Waals surface area contributed by atoms with E-state index >= 15 is 0 Å². The van der Waals surface area contributed by atoms with Crippen LogP contribution in [0.3, 0.4) is 0 Å². The molecule has 3 aromatic rings. The highest BCUT2D eigenvalue weighted by Gasteiger charge is 2.15. The summed E-state index contributed by atoms with van der Waals surface area (Å²) in [5.41, 5.74) is 1.73. The lowest BCUT2D eigenvalue weighted by atomic mass is 10.1. The maximum atomic E-state index is 11.7. The molecule has 7 heteroatoms. The zero-order chi connectivity index (χ0) is 19.8. The van der Waals surface area contributed by atoms with Crippen LogP contribution in [-0.2, 0) is 26.1 Å². The molecule has 0 fully saturated rings.